The van der Waals surface area contributed by atoms with Crippen molar-refractivity contribution in [3.8, 4) is 0 Å². The topological polar surface area (TPSA) is 81.4 Å². The van der Waals surface area contributed by atoms with Crippen molar-refractivity contribution in [2.45, 2.75) is 38.6 Å². The van der Waals surface area contributed by atoms with Gasteiger partial charge < -0.3 is 15.8 Å². The van der Waals surface area contributed by atoms with E-state index in [1.165, 1.54) is 7.11 Å². The van der Waals surface area contributed by atoms with Crippen LogP contribution in [0.1, 0.15) is 42.6 Å². The number of hydrogen-bond acceptors (Lipinski definition) is 4. The molecule has 1 aromatic rings. The monoisotopic (exact) mass is 328 g/mol. The first-order chi connectivity index (χ1) is 9.90. The van der Waals surface area contributed by atoms with Crippen molar-refractivity contribution in [2.75, 3.05) is 13.7 Å². The standard InChI is InChI=1S/C16H24N2O3.ClH/c1-4-9-16(2,17)15(20)18-10-8-12-6-5-7-13(11-12)14(19)21-3;/h5-7,11H,4,8-10,17H2,1-3H3,(H,18,20);1H. The fraction of sp³-hybridized carbons (Fsp3) is 0.500. The van der Waals surface area contributed by atoms with E-state index in [-0.39, 0.29) is 24.3 Å². The molecular weight excluding hydrogens is 304 g/mol. The van der Waals surface area contributed by atoms with E-state index in [4.69, 9.17) is 5.73 Å². The van der Waals surface area contributed by atoms with Crippen LogP contribution in [0.25, 0.3) is 0 Å². The number of methoxy groups -OCH3 is 1. The van der Waals surface area contributed by atoms with Crippen LogP contribution < -0.4 is 11.1 Å². The Kier molecular flexibility index (Phi) is 8.75. The van der Waals surface area contributed by atoms with Gasteiger partial charge in [-0.05, 0) is 37.5 Å². The van der Waals surface area contributed by atoms with Crippen LogP contribution >= 0.6 is 12.4 Å². The van der Waals surface area contributed by atoms with Gasteiger partial charge in [-0.25, -0.2) is 4.79 Å². The zero-order valence-corrected chi connectivity index (χ0v) is 14.2. The van der Waals surface area contributed by atoms with Crippen LogP contribution in [-0.4, -0.2) is 31.1 Å². The Hall–Kier alpha value is -1.59. The lowest BCUT2D eigenvalue weighted by Crippen LogP contribution is -2.51. The van der Waals surface area contributed by atoms with Gasteiger partial charge in [-0.2, -0.15) is 0 Å². The number of benzene rings is 1. The molecule has 22 heavy (non-hydrogen) atoms. The van der Waals surface area contributed by atoms with Gasteiger partial charge in [-0.1, -0.05) is 25.5 Å². The summed E-state index contributed by atoms with van der Waals surface area (Å²) < 4.78 is 4.68. The van der Waals surface area contributed by atoms with E-state index in [1.807, 2.05) is 13.0 Å². The molecule has 1 rings (SSSR count). The quantitative estimate of drug-likeness (QED) is 0.751. The highest BCUT2D eigenvalue weighted by Gasteiger charge is 2.26. The third kappa shape index (κ3) is 6.03. The average molecular weight is 329 g/mol. The highest BCUT2D eigenvalue weighted by Crippen LogP contribution is 2.09. The number of ether oxygens (including phenoxy) is 1. The summed E-state index contributed by atoms with van der Waals surface area (Å²) in [6.07, 6.45) is 2.15. The molecule has 0 fully saturated rings. The van der Waals surface area contributed by atoms with Crippen molar-refractivity contribution in [3.63, 3.8) is 0 Å². The van der Waals surface area contributed by atoms with Crippen LogP contribution in [0.4, 0.5) is 0 Å². The Balaban J connectivity index is 0.00000441. The molecule has 0 spiro atoms. The molecule has 0 aliphatic rings. The van der Waals surface area contributed by atoms with E-state index >= 15 is 0 Å². The third-order valence-corrected chi connectivity index (χ3v) is 3.34. The van der Waals surface area contributed by atoms with Crippen molar-refractivity contribution >= 4 is 24.3 Å². The van der Waals surface area contributed by atoms with Crippen LogP contribution in [0.2, 0.25) is 0 Å². The molecule has 5 nitrogen and oxygen atoms in total. The van der Waals surface area contributed by atoms with E-state index < -0.39 is 5.54 Å². The smallest absolute Gasteiger partial charge is 0.337 e. The minimum atomic E-state index is -0.831. The first kappa shape index (κ1) is 20.4. The maximum atomic E-state index is 12.0. The SMILES string of the molecule is CCCC(C)(N)C(=O)NCCc1cccc(C(=O)OC)c1.Cl. The van der Waals surface area contributed by atoms with Crippen LogP contribution in [0, 0.1) is 0 Å². The summed E-state index contributed by atoms with van der Waals surface area (Å²) in [7, 11) is 1.35. The molecular formula is C16H25ClN2O3. The number of nitrogens with two attached hydrogens (primary N) is 1. The van der Waals surface area contributed by atoms with Gasteiger partial charge in [0.25, 0.3) is 0 Å². The largest absolute Gasteiger partial charge is 0.465 e. The van der Waals surface area contributed by atoms with Gasteiger partial charge in [0.2, 0.25) is 5.91 Å². The molecule has 1 atom stereocenters. The zero-order chi connectivity index (χ0) is 15.9. The average Bonchev–Trinajstić information content (AvgIpc) is 2.46. The second-order valence-corrected chi connectivity index (χ2v) is 5.37. The molecule has 0 aliphatic heterocycles. The van der Waals surface area contributed by atoms with E-state index in [0.29, 0.717) is 24.9 Å². The molecule has 0 heterocycles. The molecule has 124 valence electrons. The number of esters is 1. The van der Waals surface area contributed by atoms with E-state index in [2.05, 4.69) is 10.1 Å². The summed E-state index contributed by atoms with van der Waals surface area (Å²) in [5.74, 6) is -0.508. The van der Waals surface area contributed by atoms with Crippen molar-refractivity contribution < 1.29 is 14.3 Å². The van der Waals surface area contributed by atoms with Crippen molar-refractivity contribution in [1.29, 1.82) is 0 Å². The van der Waals surface area contributed by atoms with Crippen molar-refractivity contribution in [2.24, 2.45) is 5.73 Å². The van der Waals surface area contributed by atoms with Crippen LogP contribution in [-0.2, 0) is 16.0 Å². The third-order valence-electron chi connectivity index (χ3n) is 3.34. The summed E-state index contributed by atoms with van der Waals surface area (Å²) >= 11 is 0. The van der Waals surface area contributed by atoms with Crippen molar-refractivity contribution in [3.05, 3.63) is 35.4 Å². The van der Waals surface area contributed by atoms with Gasteiger partial charge in [0.1, 0.15) is 0 Å². The summed E-state index contributed by atoms with van der Waals surface area (Å²) in [5.41, 5.74) is 6.60. The zero-order valence-electron chi connectivity index (χ0n) is 13.3. The van der Waals surface area contributed by atoms with Crippen LogP contribution in [0.15, 0.2) is 24.3 Å². The summed E-state index contributed by atoms with van der Waals surface area (Å²) in [4.78, 5) is 23.4. The molecule has 0 aromatic heterocycles. The van der Waals surface area contributed by atoms with Gasteiger partial charge in [0.15, 0.2) is 0 Å². The molecule has 0 bridgehead atoms. The lowest BCUT2D eigenvalue weighted by molar-refractivity contribution is -0.126. The maximum absolute atomic E-state index is 12.0. The normalized spacial score (nSPS) is 12.7. The second-order valence-electron chi connectivity index (χ2n) is 5.37. The number of nitrogens with one attached hydrogen (secondary N) is 1. The van der Waals surface area contributed by atoms with Crippen LogP contribution in [0.5, 0.6) is 0 Å². The van der Waals surface area contributed by atoms with Gasteiger partial charge in [-0.3, -0.25) is 4.79 Å². The summed E-state index contributed by atoms with van der Waals surface area (Å²) in [6, 6.07) is 7.18. The van der Waals surface area contributed by atoms with E-state index in [1.54, 1.807) is 25.1 Å². The molecule has 0 saturated carbocycles. The predicted molar refractivity (Wildman–Crippen MR) is 89.2 cm³/mol. The molecule has 0 radical (unpaired) electrons. The molecule has 1 unspecified atom stereocenters. The molecule has 1 aromatic carbocycles. The number of rotatable bonds is 7. The Bertz CT molecular complexity index is 504. The van der Waals surface area contributed by atoms with E-state index in [0.717, 1.165) is 12.0 Å². The minimum absolute atomic E-state index is 0. The molecule has 3 N–H and O–H groups in total. The Morgan fingerprint density at radius 2 is 2.05 bits per heavy atom. The lowest BCUT2D eigenvalue weighted by atomic mass is 9.96. The summed E-state index contributed by atoms with van der Waals surface area (Å²) in [6.45, 7) is 4.22. The van der Waals surface area contributed by atoms with Crippen molar-refractivity contribution in [1.82, 2.24) is 5.32 Å². The highest BCUT2D eigenvalue weighted by atomic mass is 35.5. The Morgan fingerprint density at radius 1 is 1.36 bits per heavy atom. The van der Waals surface area contributed by atoms with Gasteiger partial charge in [0.05, 0.1) is 18.2 Å². The summed E-state index contributed by atoms with van der Waals surface area (Å²) in [5, 5.41) is 2.84. The highest BCUT2D eigenvalue weighted by molar-refractivity contribution is 5.89. The minimum Gasteiger partial charge on any atom is -0.465 e. The van der Waals surface area contributed by atoms with Gasteiger partial charge >= 0.3 is 5.97 Å². The molecule has 0 saturated heterocycles. The number of hydrogen-bond donors (Lipinski definition) is 2. The second kappa shape index (κ2) is 9.43. The number of amides is 1. The Labute approximate surface area is 138 Å². The molecule has 1 amide bonds. The number of halogens is 1. The van der Waals surface area contributed by atoms with Crippen LogP contribution in [0.3, 0.4) is 0 Å². The van der Waals surface area contributed by atoms with E-state index in [9.17, 15) is 9.59 Å². The molecule has 6 heteroatoms. The van der Waals surface area contributed by atoms with Gasteiger partial charge in [-0.15, -0.1) is 12.4 Å². The first-order valence-electron chi connectivity index (χ1n) is 7.15. The molecule has 0 aliphatic carbocycles. The number of carbonyl (C=O) groups is 2. The number of carbonyl (C=O) groups excluding carboxylic acids is 2. The fourth-order valence-electron chi connectivity index (χ4n) is 2.13. The fourth-order valence-corrected chi connectivity index (χ4v) is 2.13. The lowest BCUT2D eigenvalue weighted by Gasteiger charge is -2.22. The first-order valence-corrected chi connectivity index (χ1v) is 7.15. The predicted octanol–water partition coefficient (Wildman–Crippen LogP) is 2.07. The maximum Gasteiger partial charge on any atom is 0.337 e. The Morgan fingerprint density at radius 3 is 2.64 bits per heavy atom. The van der Waals surface area contributed by atoms with Gasteiger partial charge in [0, 0.05) is 6.54 Å².